The Bertz CT molecular complexity index is 690. The van der Waals surface area contributed by atoms with Gasteiger partial charge in [0.2, 0.25) is 0 Å². The molecular weight excluding hydrogens is 296 g/mol. The summed E-state index contributed by atoms with van der Waals surface area (Å²) in [6.45, 7) is 6.53. The zero-order valence-electron chi connectivity index (χ0n) is 13.5. The number of aryl methyl sites for hydroxylation is 1. The van der Waals surface area contributed by atoms with Gasteiger partial charge in [0.25, 0.3) is 10.0 Å². The summed E-state index contributed by atoms with van der Waals surface area (Å²) in [6, 6.07) is 6.83. The van der Waals surface area contributed by atoms with Crippen molar-refractivity contribution in [2.45, 2.75) is 51.3 Å². The van der Waals surface area contributed by atoms with Crippen molar-refractivity contribution >= 4 is 15.7 Å². The molecule has 2 fully saturated rings. The Kier molecular flexibility index (Phi) is 3.79. The maximum absolute atomic E-state index is 12.3. The average molecular weight is 320 g/mol. The molecule has 0 aromatic heterocycles. The van der Waals surface area contributed by atoms with E-state index in [1.54, 1.807) is 24.3 Å². The lowest BCUT2D eigenvalue weighted by Gasteiger charge is -2.54. The summed E-state index contributed by atoms with van der Waals surface area (Å²) in [6.07, 6.45) is 4.37. The molecule has 3 rings (SSSR count). The van der Waals surface area contributed by atoms with Crippen molar-refractivity contribution in [3.8, 4) is 0 Å². The molecule has 2 aliphatic rings. The zero-order valence-corrected chi connectivity index (χ0v) is 14.3. The van der Waals surface area contributed by atoms with Gasteiger partial charge in [-0.25, -0.2) is 4.83 Å². The van der Waals surface area contributed by atoms with E-state index >= 15 is 0 Å². The molecule has 0 heterocycles. The molecule has 22 heavy (non-hydrogen) atoms. The fourth-order valence-corrected chi connectivity index (χ4v) is 4.74. The summed E-state index contributed by atoms with van der Waals surface area (Å²) in [4.78, 5) is 2.70. The molecular formula is C17H24N2O2S. The van der Waals surface area contributed by atoms with Gasteiger partial charge in [-0.1, -0.05) is 31.5 Å². The minimum absolute atomic E-state index is 0.267. The van der Waals surface area contributed by atoms with Crippen LogP contribution in [-0.4, -0.2) is 14.1 Å². The number of hydrogen-bond acceptors (Lipinski definition) is 3. The molecule has 0 spiro atoms. The van der Waals surface area contributed by atoms with Gasteiger partial charge in [-0.3, -0.25) is 0 Å². The molecule has 5 heteroatoms. The molecule has 1 aromatic rings. The van der Waals surface area contributed by atoms with E-state index in [-0.39, 0.29) is 4.90 Å². The molecule has 0 radical (unpaired) electrons. The van der Waals surface area contributed by atoms with Crippen LogP contribution in [0.25, 0.3) is 0 Å². The third-order valence-corrected chi connectivity index (χ3v) is 6.48. The molecule has 0 saturated heterocycles. The zero-order chi connectivity index (χ0) is 16.0. The summed E-state index contributed by atoms with van der Waals surface area (Å²) in [5.41, 5.74) is 2.45. The fraction of sp³-hybridized carbons (Fsp3) is 0.588. The van der Waals surface area contributed by atoms with Crippen LogP contribution >= 0.6 is 0 Å². The summed E-state index contributed by atoms with van der Waals surface area (Å²) >= 11 is 0. The highest BCUT2D eigenvalue weighted by Crippen LogP contribution is 2.55. The van der Waals surface area contributed by atoms with Crippen LogP contribution in [0.4, 0.5) is 0 Å². The van der Waals surface area contributed by atoms with Gasteiger partial charge in [0.15, 0.2) is 0 Å². The lowest BCUT2D eigenvalue weighted by molar-refractivity contribution is 0.0117. The van der Waals surface area contributed by atoms with E-state index in [0.29, 0.717) is 17.3 Å². The molecule has 2 saturated carbocycles. The van der Waals surface area contributed by atoms with Crippen molar-refractivity contribution in [3.05, 3.63) is 29.8 Å². The Morgan fingerprint density at radius 2 is 1.91 bits per heavy atom. The number of rotatable bonds is 3. The van der Waals surface area contributed by atoms with Crippen LogP contribution in [-0.2, 0) is 10.0 Å². The highest BCUT2D eigenvalue weighted by atomic mass is 32.2. The minimum Gasteiger partial charge on any atom is -0.200 e. The van der Waals surface area contributed by atoms with E-state index in [9.17, 15) is 8.42 Å². The third-order valence-electron chi connectivity index (χ3n) is 5.25. The highest BCUT2D eigenvalue weighted by Gasteiger charge is 2.50. The van der Waals surface area contributed by atoms with Crippen molar-refractivity contribution < 1.29 is 8.42 Å². The van der Waals surface area contributed by atoms with Crippen LogP contribution in [0.1, 0.15) is 45.1 Å². The van der Waals surface area contributed by atoms with Gasteiger partial charge in [-0.15, -0.1) is 0 Å². The topological polar surface area (TPSA) is 58.5 Å². The minimum atomic E-state index is -3.56. The number of nitrogens with one attached hydrogen (secondary N) is 1. The fourth-order valence-electron chi connectivity index (χ4n) is 3.90. The first-order chi connectivity index (χ1) is 10.3. The summed E-state index contributed by atoms with van der Waals surface area (Å²) in [7, 11) is -3.56. The summed E-state index contributed by atoms with van der Waals surface area (Å²) in [5.74, 6) is 1.12. The van der Waals surface area contributed by atoms with E-state index < -0.39 is 10.0 Å². The number of hydrazone groups is 1. The van der Waals surface area contributed by atoms with Gasteiger partial charge < -0.3 is 0 Å². The second-order valence-electron chi connectivity index (χ2n) is 7.31. The van der Waals surface area contributed by atoms with E-state index in [2.05, 4.69) is 23.8 Å². The van der Waals surface area contributed by atoms with Crippen LogP contribution in [0.3, 0.4) is 0 Å². The number of benzene rings is 1. The second kappa shape index (κ2) is 5.37. The van der Waals surface area contributed by atoms with Gasteiger partial charge in [-0.05, 0) is 56.1 Å². The molecule has 1 N–H and O–H groups in total. The standard InChI is InChI=1S/C17H24N2O2S/c1-12-7-9-13(10-8-12)22(20,21)19-18-16-6-4-5-15-14(16)11-17(15,2)3/h7-10,14-15,19H,4-6,11H2,1-3H3/b18-16-/t14-,15+/m1/s1. The normalized spacial score (nSPS) is 28.8. The van der Waals surface area contributed by atoms with Crippen LogP contribution in [0.15, 0.2) is 34.3 Å². The maximum Gasteiger partial charge on any atom is 0.276 e. The summed E-state index contributed by atoms with van der Waals surface area (Å²) in [5, 5.41) is 4.28. The number of nitrogens with zero attached hydrogens (tertiary/aromatic N) is 1. The lowest BCUT2D eigenvalue weighted by atomic mass is 9.50. The second-order valence-corrected chi connectivity index (χ2v) is 8.97. The van der Waals surface area contributed by atoms with E-state index in [4.69, 9.17) is 0 Å². The molecule has 0 unspecified atom stereocenters. The van der Waals surface area contributed by atoms with Crippen molar-refractivity contribution in [2.75, 3.05) is 0 Å². The van der Waals surface area contributed by atoms with Gasteiger partial charge in [0.1, 0.15) is 0 Å². The Hall–Kier alpha value is -1.36. The highest BCUT2D eigenvalue weighted by molar-refractivity contribution is 7.89. The SMILES string of the molecule is Cc1ccc(S(=O)(=O)N/N=C2/CCC[C@H]3[C@H]2CC3(C)C)cc1. The molecule has 4 nitrogen and oxygen atoms in total. The Morgan fingerprint density at radius 3 is 2.55 bits per heavy atom. The quantitative estimate of drug-likeness (QED) is 0.867. The van der Waals surface area contributed by atoms with Crippen molar-refractivity contribution in [1.29, 1.82) is 0 Å². The van der Waals surface area contributed by atoms with Crippen molar-refractivity contribution in [1.82, 2.24) is 4.83 Å². The smallest absolute Gasteiger partial charge is 0.200 e. The lowest BCUT2D eigenvalue weighted by Crippen LogP contribution is -2.50. The molecule has 1 aromatic carbocycles. The average Bonchev–Trinajstić information content (AvgIpc) is 2.45. The Balaban J connectivity index is 1.75. The van der Waals surface area contributed by atoms with Crippen molar-refractivity contribution in [2.24, 2.45) is 22.4 Å². The summed E-state index contributed by atoms with van der Waals surface area (Å²) < 4.78 is 24.6. The van der Waals surface area contributed by atoms with E-state index in [0.717, 1.165) is 30.5 Å². The van der Waals surface area contributed by atoms with Crippen molar-refractivity contribution in [3.63, 3.8) is 0 Å². The van der Waals surface area contributed by atoms with E-state index in [1.165, 1.54) is 6.42 Å². The van der Waals surface area contributed by atoms with E-state index in [1.807, 2.05) is 6.92 Å². The Labute approximate surface area is 133 Å². The molecule has 2 aliphatic carbocycles. The molecule has 0 bridgehead atoms. The maximum atomic E-state index is 12.3. The first kappa shape index (κ1) is 15.5. The van der Waals surface area contributed by atoms with Gasteiger partial charge >= 0.3 is 0 Å². The number of sulfonamides is 1. The first-order valence-electron chi connectivity index (χ1n) is 7.94. The number of fused-ring (bicyclic) bond motifs is 1. The van der Waals surface area contributed by atoms with Crippen LogP contribution in [0, 0.1) is 24.2 Å². The predicted molar refractivity (Wildman–Crippen MR) is 88.2 cm³/mol. The number of hydrogen-bond donors (Lipinski definition) is 1. The van der Waals surface area contributed by atoms with Crippen LogP contribution in [0.5, 0.6) is 0 Å². The third kappa shape index (κ3) is 2.78. The molecule has 0 aliphatic heterocycles. The van der Waals surface area contributed by atoms with Gasteiger partial charge in [0.05, 0.1) is 4.90 Å². The predicted octanol–water partition coefficient (Wildman–Crippen LogP) is 3.48. The first-order valence-corrected chi connectivity index (χ1v) is 9.43. The molecule has 0 amide bonds. The molecule has 2 atom stereocenters. The van der Waals surface area contributed by atoms with Gasteiger partial charge in [-0.2, -0.15) is 13.5 Å². The Morgan fingerprint density at radius 1 is 1.23 bits per heavy atom. The van der Waals surface area contributed by atoms with Crippen LogP contribution in [0.2, 0.25) is 0 Å². The monoisotopic (exact) mass is 320 g/mol. The van der Waals surface area contributed by atoms with Gasteiger partial charge in [0, 0.05) is 11.6 Å². The van der Waals surface area contributed by atoms with Crippen LogP contribution < -0.4 is 4.83 Å². The largest absolute Gasteiger partial charge is 0.276 e. The molecule has 120 valence electrons.